The molecule has 0 amide bonds. The van der Waals surface area contributed by atoms with Crippen molar-refractivity contribution < 1.29 is 8.78 Å². The number of aryl methyl sites for hydroxylation is 1. The van der Waals surface area contributed by atoms with Gasteiger partial charge in [0.05, 0.1) is 18.4 Å². The molecular formula is C13H15F2N3. The van der Waals surface area contributed by atoms with E-state index in [1.807, 2.05) is 6.92 Å². The van der Waals surface area contributed by atoms with Crippen LogP contribution in [0.3, 0.4) is 0 Å². The van der Waals surface area contributed by atoms with Gasteiger partial charge in [-0.2, -0.15) is 0 Å². The summed E-state index contributed by atoms with van der Waals surface area (Å²) in [4.78, 5) is 7.09. The SMILES string of the molecule is CCNCc1ncc(-c2cc(F)c(C)cc2F)[nH]1. The van der Waals surface area contributed by atoms with Gasteiger partial charge in [0.1, 0.15) is 17.5 Å². The van der Waals surface area contributed by atoms with E-state index < -0.39 is 11.6 Å². The highest BCUT2D eigenvalue weighted by Gasteiger charge is 2.11. The van der Waals surface area contributed by atoms with Crippen molar-refractivity contribution in [2.75, 3.05) is 6.54 Å². The number of hydrogen-bond acceptors (Lipinski definition) is 2. The van der Waals surface area contributed by atoms with Crippen molar-refractivity contribution in [3.63, 3.8) is 0 Å². The average molecular weight is 251 g/mol. The lowest BCUT2D eigenvalue weighted by atomic mass is 10.1. The zero-order valence-electron chi connectivity index (χ0n) is 10.3. The fourth-order valence-corrected chi connectivity index (χ4v) is 1.69. The van der Waals surface area contributed by atoms with Crippen LogP contribution in [0.25, 0.3) is 11.3 Å². The van der Waals surface area contributed by atoms with Gasteiger partial charge in [-0.1, -0.05) is 6.92 Å². The lowest BCUT2D eigenvalue weighted by Crippen LogP contribution is -2.12. The molecule has 96 valence electrons. The van der Waals surface area contributed by atoms with E-state index in [-0.39, 0.29) is 5.56 Å². The Morgan fingerprint density at radius 2 is 2.06 bits per heavy atom. The second-order valence-electron chi connectivity index (χ2n) is 4.11. The van der Waals surface area contributed by atoms with Crippen LogP contribution in [0, 0.1) is 18.6 Å². The van der Waals surface area contributed by atoms with Gasteiger partial charge in [-0.05, 0) is 31.2 Å². The van der Waals surface area contributed by atoms with Gasteiger partial charge in [-0.25, -0.2) is 13.8 Å². The highest BCUT2D eigenvalue weighted by atomic mass is 19.1. The van der Waals surface area contributed by atoms with Crippen LogP contribution >= 0.6 is 0 Å². The Morgan fingerprint density at radius 3 is 2.78 bits per heavy atom. The van der Waals surface area contributed by atoms with Gasteiger partial charge in [0.2, 0.25) is 0 Å². The number of nitrogens with one attached hydrogen (secondary N) is 2. The first-order chi connectivity index (χ1) is 8.61. The third kappa shape index (κ3) is 2.56. The molecule has 0 unspecified atom stereocenters. The Kier molecular flexibility index (Phi) is 3.72. The van der Waals surface area contributed by atoms with Crippen molar-refractivity contribution >= 4 is 0 Å². The molecule has 2 rings (SSSR count). The minimum Gasteiger partial charge on any atom is -0.341 e. The highest BCUT2D eigenvalue weighted by Crippen LogP contribution is 2.23. The molecule has 1 aromatic heterocycles. The van der Waals surface area contributed by atoms with Gasteiger partial charge >= 0.3 is 0 Å². The third-order valence-corrected chi connectivity index (χ3v) is 2.71. The lowest BCUT2D eigenvalue weighted by Gasteiger charge is -2.03. The second kappa shape index (κ2) is 5.27. The second-order valence-corrected chi connectivity index (χ2v) is 4.11. The molecule has 0 radical (unpaired) electrons. The summed E-state index contributed by atoms with van der Waals surface area (Å²) >= 11 is 0. The number of imidazole rings is 1. The van der Waals surface area contributed by atoms with Gasteiger partial charge in [0.25, 0.3) is 0 Å². The summed E-state index contributed by atoms with van der Waals surface area (Å²) in [6.45, 7) is 4.92. The van der Waals surface area contributed by atoms with E-state index >= 15 is 0 Å². The Hall–Kier alpha value is -1.75. The van der Waals surface area contributed by atoms with Gasteiger partial charge < -0.3 is 10.3 Å². The molecule has 2 aromatic rings. The maximum atomic E-state index is 13.7. The van der Waals surface area contributed by atoms with Crippen molar-refractivity contribution in [2.24, 2.45) is 0 Å². The average Bonchev–Trinajstić information content (AvgIpc) is 2.79. The van der Waals surface area contributed by atoms with E-state index in [9.17, 15) is 8.78 Å². The van der Waals surface area contributed by atoms with E-state index in [2.05, 4.69) is 15.3 Å². The molecule has 0 spiro atoms. The standard InChI is InChI=1S/C13H15F2N3/c1-3-16-7-13-17-6-12(18-13)9-5-10(14)8(2)4-11(9)15/h4-6,16H,3,7H2,1-2H3,(H,17,18). The van der Waals surface area contributed by atoms with E-state index in [1.165, 1.54) is 25.3 Å². The van der Waals surface area contributed by atoms with Crippen molar-refractivity contribution in [3.8, 4) is 11.3 Å². The number of aromatic amines is 1. The molecule has 1 aromatic carbocycles. The van der Waals surface area contributed by atoms with Crippen LogP contribution in [0.2, 0.25) is 0 Å². The van der Waals surface area contributed by atoms with Crippen LogP contribution in [-0.4, -0.2) is 16.5 Å². The zero-order valence-corrected chi connectivity index (χ0v) is 10.3. The number of rotatable bonds is 4. The van der Waals surface area contributed by atoms with Crippen LogP contribution in [0.1, 0.15) is 18.3 Å². The molecule has 1 heterocycles. The number of benzene rings is 1. The molecule has 0 aliphatic carbocycles. The first kappa shape index (κ1) is 12.7. The third-order valence-electron chi connectivity index (χ3n) is 2.71. The maximum absolute atomic E-state index is 13.7. The van der Waals surface area contributed by atoms with E-state index in [0.717, 1.165) is 6.54 Å². The molecule has 3 nitrogen and oxygen atoms in total. The summed E-state index contributed by atoms with van der Waals surface area (Å²) in [5.41, 5.74) is 0.983. The number of nitrogens with zero attached hydrogens (tertiary/aromatic N) is 1. The summed E-state index contributed by atoms with van der Waals surface area (Å²) in [7, 11) is 0. The first-order valence-corrected chi connectivity index (χ1v) is 5.82. The summed E-state index contributed by atoms with van der Waals surface area (Å²) in [5, 5.41) is 3.10. The molecule has 2 N–H and O–H groups in total. The normalized spacial score (nSPS) is 10.9. The predicted molar refractivity (Wildman–Crippen MR) is 66.1 cm³/mol. The van der Waals surface area contributed by atoms with Crippen LogP contribution in [-0.2, 0) is 6.54 Å². The minimum atomic E-state index is -0.451. The molecule has 18 heavy (non-hydrogen) atoms. The fourth-order valence-electron chi connectivity index (χ4n) is 1.69. The topological polar surface area (TPSA) is 40.7 Å². The van der Waals surface area contributed by atoms with Gasteiger partial charge in [-0.15, -0.1) is 0 Å². The lowest BCUT2D eigenvalue weighted by molar-refractivity contribution is 0.595. The minimum absolute atomic E-state index is 0.202. The van der Waals surface area contributed by atoms with Gasteiger partial charge in [-0.3, -0.25) is 0 Å². The molecule has 0 aliphatic heterocycles. The molecule has 0 bridgehead atoms. The molecule has 0 aliphatic rings. The Morgan fingerprint density at radius 1 is 1.28 bits per heavy atom. The Labute approximate surface area is 104 Å². The highest BCUT2D eigenvalue weighted by molar-refractivity contribution is 5.60. The van der Waals surface area contributed by atoms with Crippen LogP contribution < -0.4 is 5.32 Å². The zero-order chi connectivity index (χ0) is 13.1. The van der Waals surface area contributed by atoms with Crippen molar-refractivity contribution in [3.05, 3.63) is 41.4 Å². The van der Waals surface area contributed by atoms with Crippen molar-refractivity contribution in [1.82, 2.24) is 15.3 Å². The smallest absolute Gasteiger partial charge is 0.133 e. The molecule has 5 heteroatoms. The fraction of sp³-hybridized carbons (Fsp3) is 0.308. The van der Waals surface area contributed by atoms with Gasteiger partial charge in [0, 0.05) is 5.56 Å². The van der Waals surface area contributed by atoms with Crippen LogP contribution in [0.15, 0.2) is 18.3 Å². The monoisotopic (exact) mass is 251 g/mol. The molecular weight excluding hydrogens is 236 g/mol. The number of hydrogen-bond donors (Lipinski definition) is 2. The van der Waals surface area contributed by atoms with Crippen LogP contribution in [0.5, 0.6) is 0 Å². The van der Waals surface area contributed by atoms with Gasteiger partial charge in [0.15, 0.2) is 0 Å². The van der Waals surface area contributed by atoms with Crippen LogP contribution in [0.4, 0.5) is 8.78 Å². The summed E-state index contributed by atoms with van der Waals surface area (Å²) in [5.74, 6) is -0.172. The molecule has 0 fully saturated rings. The van der Waals surface area contributed by atoms with E-state index in [4.69, 9.17) is 0 Å². The largest absolute Gasteiger partial charge is 0.341 e. The molecule has 0 atom stereocenters. The molecule has 0 saturated heterocycles. The summed E-state index contributed by atoms with van der Waals surface area (Å²) < 4.78 is 27.2. The Balaban J connectivity index is 2.31. The van der Waals surface area contributed by atoms with E-state index in [1.54, 1.807) is 0 Å². The predicted octanol–water partition coefficient (Wildman–Crippen LogP) is 2.77. The number of H-pyrrole nitrogens is 1. The quantitative estimate of drug-likeness (QED) is 0.877. The molecule has 0 saturated carbocycles. The van der Waals surface area contributed by atoms with Crippen molar-refractivity contribution in [2.45, 2.75) is 20.4 Å². The van der Waals surface area contributed by atoms with Crippen molar-refractivity contribution in [1.29, 1.82) is 0 Å². The summed E-state index contributed by atoms with van der Waals surface area (Å²) in [6, 6.07) is 2.38. The number of halogens is 2. The Bertz CT molecular complexity index is 549. The maximum Gasteiger partial charge on any atom is 0.133 e. The summed E-state index contributed by atoms with van der Waals surface area (Å²) in [6.07, 6.45) is 1.51. The first-order valence-electron chi connectivity index (χ1n) is 5.82. The van der Waals surface area contributed by atoms with E-state index in [0.29, 0.717) is 23.6 Å². The number of aromatic nitrogens is 2.